The molecule has 12 aromatic carbocycles. The van der Waals surface area contributed by atoms with E-state index in [-0.39, 0.29) is 0 Å². The lowest BCUT2D eigenvalue weighted by Gasteiger charge is -2.05. The van der Waals surface area contributed by atoms with Crippen LogP contribution in [0.4, 0.5) is 0 Å². The van der Waals surface area contributed by atoms with Crippen molar-refractivity contribution in [1.82, 2.24) is 29.9 Å². The average Bonchev–Trinajstić information content (AvgIpc) is 1.16. The molecule has 0 amide bonds. The van der Waals surface area contributed by atoms with E-state index in [4.69, 9.17) is 0 Å². The van der Waals surface area contributed by atoms with Gasteiger partial charge in [-0.15, -0.1) is 0 Å². The van der Waals surface area contributed by atoms with Crippen LogP contribution in [0.3, 0.4) is 0 Å². The number of aryl methyl sites for hydroxylation is 6. The highest BCUT2D eigenvalue weighted by Gasteiger charge is 2.07. The third kappa shape index (κ3) is 12.3. The van der Waals surface area contributed by atoms with Gasteiger partial charge < -0.3 is 0 Å². The molecular weight excluding hydrogens is 1090 g/mol. The molecule has 0 aliphatic heterocycles. The zero-order valence-electron chi connectivity index (χ0n) is 51.4. The van der Waals surface area contributed by atoms with Crippen LogP contribution >= 0.6 is 0 Å². The summed E-state index contributed by atoms with van der Waals surface area (Å²) >= 11 is 0. The monoisotopic (exact) mass is 1160 g/mol. The Morgan fingerprint density at radius 1 is 0.189 bits per heavy atom. The van der Waals surface area contributed by atoms with E-state index >= 15 is 0 Å². The number of rotatable bonds is 0. The van der Waals surface area contributed by atoms with Gasteiger partial charge >= 0.3 is 0 Å². The van der Waals surface area contributed by atoms with E-state index in [9.17, 15) is 0 Å². The SMILES string of the molecule is Cc1ccc2c(c1)ncc1ccccc12.Cc1ccc2c(cnc3ccccc32)c1.Cc1ccc2cnc3ccccc3c2c1.Cc1ccc2ncc3ccccc3c2c1.Cc1cccc2c1cnc1ccccc12.Cc1nc2ccccc2c2ccccc12. The maximum Gasteiger partial charge on any atom is 0.0711 e. The zero-order valence-corrected chi connectivity index (χ0v) is 51.4. The summed E-state index contributed by atoms with van der Waals surface area (Å²) in [6, 6.07) is 90.4. The quantitative estimate of drug-likeness (QED) is 0.141. The largest absolute Gasteiger partial charge is 0.256 e. The first-order valence-corrected chi connectivity index (χ1v) is 30.5. The van der Waals surface area contributed by atoms with Crippen molar-refractivity contribution >= 4 is 130 Å². The van der Waals surface area contributed by atoms with Gasteiger partial charge in [0.2, 0.25) is 0 Å². The lowest BCUT2D eigenvalue weighted by Crippen LogP contribution is -1.86. The minimum Gasteiger partial charge on any atom is -0.256 e. The third-order valence-electron chi connectivity index (χ3n) is 16.6. The van der Waals surface area contributed by atoms with Crippen LogP contribution in [0.1, 0.15) is 33.5 Å². The Kier molecular flexibility index (Phi) is 16.6. The minimum absolute atomic E-state index is 1.06. The van der Waals surface area contributed by atoms with Crippen molar-refractivity contribution in [2.75, 3.05) is 0 Å². The van der Waals surface area contributed by atoms with E-state index in [0.717, 1.165) is 38.8 Å². The number of nitrogens with zero attached hydrogens (tertiary/aromatic N) is 6. The van der Waals surface area contributed by atoms with Crippen molar-refractivity contribution in [2.45, 2.75) is 41.5 Å². The first-order chi connectivity index (χ1) is 44.1. The van der Waals surface area contributed by atoms with Crippen molar-refractivity contribution < 1.29 is 0 Å². The number of para-hydroxylation sites is 4. The van der Waals surface area contributed by atoms with E-state index in [0.29, 0.717) is 0 Å². The highest BCUT2D eigenvalue weighted by Crippen LogP contribution is 2.30. The van der Waals surface area contributed by atoms with Gasteiger partial charge in [0.05, 0.1) is 33.1 Å². The van der Waals surface area contributed by atoms with Crippen molar-refractivity contribution in [1.29, 1.82) is 0 Å². The minimum atomic E-state index is 1.06. The number of pyridine rings is 6. The molecule has 0 saturated heterocycles. The molecule has 90 heavy (non-hydrogen) atoms. The van der Waals surface area contributed by atoms with Crippen LogP contribution < -0.4 is 0 Å². The molecule has 0 N–H and O–H groups in total. The van der Waals surface area contributed by atoms with Gasteiger partial charge in [-0.05, 0) is 134 Å². The maximum atomic E-state index is 4.60. The lowest BCUT2D eigenvalue weighted by atomic mass is 10.0. The van der Waals surface area contributed by atoms with E-state index in [1.54, 1.807) is 0 Å². The summed E-state index contributed by atoms with van der Waals surface area (Å²) in [5.41, 5.74) is 13.9. The van der Waals surface area contributed by atoms with E-state index in [1.165, 1.54) is 125 Å². The number of hydrogen-bond donors (Lipinski definition) is 0. The van der Waals surface area contributed by atoms with Gasteiger partial charge in [0.15, 0.2) is 0 Å². The average molecular weight is 1160 g/mol. The van der Waals surface area contributed by atoms with Gasteiger partial charge in [-0.1, -0.05) is 229 Å². The second-order valence-electron chi connectivity index (χ2n) is 23.0. The Hall–Kier alpha value is -11.3. The van der Waals surface area contributed by atoms with Crippen molar-refractivity contribution in [3.05, 3.63) is 325 Å². The lowest BCUT2D eigenvalue weighted by molar-refractivity contribution is 1.29. The van der Waals surface area contributed by atoms with Crippen LogP contribution in [0.2, 0.25) is 0 Å². The van der Waals surface area contributed by atoms with Gasteiger partial charge in [-0.3, -0.25) is 29.9 Å². The van der Waals surface area contributed by atoms with Crippen LogP contribution in [0, 0.1) is 41.5 Å². The Balaban J connectivity index is 0.0000000991. The van der Waals surface area contributed by atoms with Gasteiger partial charge in [0.25, 0.3) is 0 Å². The zero-order chi connectivity index (χ0) is 61.5. The summed E-state index contributed by atoms with van der Waals surface area (Å²) in [6.07, 6.45) is 9.74. The second kappa shape index (κ2) is 25.9. The molecule has 0 aliphatic rings. The maximum absolute atomic E-state index is 4.60. The molecule has 6 aromatic heterocycles. The molecule has 6 heterocycles. The summed E-state index contributed by atoms with van der Waals surface area (Å²) in [6.45, 7) is 12.6. The number of aromatic nitrogens is 6. The summed E-state index contributed by atoms with van der Waals surface area (Å²) in [4.78, 5) is 26.9. The molecular formula is C84H66N6. The molecule has 432 valence electrons. The Morgan fingerprint density at radius 2 is 0.544 bits per heavy atom. The van der Waals surface area contributed by atoms with Crippen molar-refractivity contribution in [2.24, 2.45) is 0 Å². The van der Waals surface area contributed by atoms with Crippen LogP contribution in [-0.2, 0) is 0 Å². The summed E-state index contributed by atoms with van der Waals surface area (Å²) in [7, 11) is 0. The molecule has 6 heteroatoms. The first-order valence-electron chi connectivity index (χ1n) is 30.5. The predicted octanol–water partition coefficient (Wildman–Crippen LogP) is 22.2. The number of benzene rings is 12. The van der Waals surface area contributed by atoms with Crippen molar-refractivity contribution in [3.63, 3.8) is 0 Å². The Labute approximate surface area is 523 Å². The van der Waals surface area contributed by atoms with Crippen molar-refractivity contribution in [3.8, 4) is 0 Å². The van der Waals surface area contributed by atoms with Gasteiger partial charge in [-0.2, -0.15) is 0 Å². The van der Waals surface area contributed by atoms with Crippen LogP contribution in [0.5, 0.6) is 0 Å². The standard InChI is InChI=1S/6C14H11N/c1-10-5-4-7-11-12-6-2-3-8-14(12)15-9-13(10)11;1-10-11-6-2-3-7-12(11)13-8-4-5-9-14(13)15-10;1-10-6-7-12-11(8-10)9-15-14-5-3-2-4-13(12)14;1-10-6-7-11-9-15-14-5-3-2-4-12(14)13(11)8-10;1-10-6-7-14-13(8-10)12-5-3-2-4-11(12)9-15-14;1-10-6-7-13-12-5-3-2-4-11(12)9-15-14(13)8-10/h6*2-9H,1H3. The van der Waals surface area contributed by atoms with E-state index in [2.05, 4.69) is 296 Å². The molecule has 18 rings (SSSR count). The summed E-state index contributed by atoms with van der Waals surface area (Å²) < 4.78 is 0. The number of hydrogen-bond acceptors (Lipinski definition) is 6. The predicted molar refractivity (Wildman–Crippen MR) is 384 cm³/mol. The first kappa shape index (κ1) is 57.7. The molecule has 0 bridgehead atoms. The van der Waals surface area contributed by atoms with Crippen LogP contribution in [0.15, 0.2) is 292 Å². The highest BCUT2D eigenvalue weighted by molar-refractivity contribution is 6.10. The molecule has 0 unspecified atom stereocenters. The number of fused-ring (bicyclic) bond motifs is 18. The molecule has 6 nitrogen and oxygen atoms in total. The molecule has 0 atom stereocenters. The Bertz CT molecular complexity index is 5340. The van der Waals surface area contributed by atoms with E-state index < -0.39 is 0 Å². The smallest absolute Gasteiger partial charge is 0.0711 e. The summed E-state index contributed by atoms with van der Waals surface area (Å²) in [5.74, 6) is 0. The summed E-state index contributed by atoms with van der Waals surface area (Å²) in [5, 5.41) is 22.5. The Morgan fingerprint density at radius 3 is 1.18 bits per heavy atom. The second-order valence-corrected chi connectivity index (χ2v) is 23.0. The molecule has 0 radical (unpaired) electrons. The van der Waals surface area contributed by atoms with Gasteiger partial charge in [0, 0.05) is 101 Å². The third-order valence-corrected chi connectivity index (χ3v) is 16.6. The van der Waals surface area contributed by atoms with Crippen LogP contribution in [0.25, 0.3) is 130 Å². The fraction of sp³-hybridized carbons (Fsp3) is 0.0714. The normalized spacial score (nSPS) is 11.0. The fourth-order valence-electron chi connectivity index (χ4n) is 12.0. The molecule has 18 aromatic rings. The molecule has 0 spiro atoms. The molecule has 0 aliphatic carbocycles. The van der Waals surface area contributed by atoms with Crippen LogP contribution in [-0.4, -0.2) is 29.9 Å². The molecule has 0 fully saturated rings. The van der Waals surface area contributed by atoms with Gasteiger partial charge in [0.1, 0.15) is 0 Å². The fourth-order valence-corrected chi connectivity index (χ4v) is 12.0. The van der Waals surface area contributed by atoms with Gasteiger partial charge in [-0.25, -0.2) is 0 Å². The van der Waals surface area contributed by atoms with E-state index in [1.807, 2.05) is 67.4 Å². The topological polar surface area (TPSA) is 77.3 Å². The molecule has 0 saturated carbocycles. The highest BCUT2D eigenvalue weighted by atomic mass is 14.7.